The molecule has 82 valence electrons. The molecule has 1 aromatic carbocycles. The number of hydrogen-bond donors (Lipinski definition) is 2. The van der Waals surface area contributed by atoms with Crippen LogP contribution >= 0.6 is 0 Å². The summed E-state index contributed by atoms with van der Waals surface area (Å²) in [7, 11) is 0. The molecule has 0 aliphatic carbocycles. The molecule has 0 aliphatic rings. The number of amides is 2. The topological polar surface area (TPSA) is 98.3 Å². The lowest BCUT2D eigenvalue weighted by Crippen LogP contribution is -2.20. The molecule has 2 amide bonds. The van der Waals surface area contributed by atoms with E-state index in [1.165, 1.54) is 18.2 Å². The van der Waals surface area contributed by atoms with E-state index >= 15 is 0 Å². The number of carbonyl (C=O) groups is 1. The molecule has 3 N–H and O–H groups in total. The van der Waals surface area contributed by atoms with Crippen LogP contribution in [0.25, 0.3) is 0 Å². The van der Waals surface area contributed by atoms with Crippen LogP contribution in [0.5, 0.6) is 0 Å². The second kappa shape index (κ2) is 4.79. The van der Waals surface area contributed by atoms with Gasteiger partial charge in [0, 0.05) is 24.2 Å². The Kier molecular flexibility index (Phi) is 3.45. The van der Waals surface area contributed by atoms with E-state index in [2.05, 4.69) is 11.2 Å². The Bertz CT molecular complexity index is 477. The highest BCUT2D eigenvalue weighted by molar-refractivity contribution is 5.89. The Morgan fingerprint density at radius 2 is 2.31 bits per heavy atom. The second-order valence-electron chi connectivity index (χ2n) is 2.97. The second-order valence-corrected chi connectivity index (χ2v) is 2.97. The van der Waals surface area contributed by atoms with E-state index < -0.39 is 11.0 Å². The molecule has 0 bridgehead atoms. The fourth-order valence-corrected chi connectivity index (χ4v) is 1.20. The van der Waals surface area contributed by atoms with Crippen LogP contribution in [0, 0.1) is 22.5 Å². The van der Waals surface area contributed by atoms with Crippen LogP contribution in [0.2, 0.25) is 0 Å². The van der Waals surface area contributed by atoms with Crippen LogP contribution in [0.1, 0.15) is 5.56 Å². The van der Waals surface area contributed by atoms with E-state index in [0.717, 1.165) is 0 Å². The van der Waals surface area contributed by atoms with Crippen LogP contribution in [0.4, 0.5) is 16.2 Å². The van der Waals surface area contributed by atoms with Crippen molar-refractivity contribution in [2.24, 2.45) is 5.73 Å². The minimum atomic E-state index is -0.743. The summed E-state index contributed by atoms with van der Waals surface area (Å²) in [6.45, 7) is 0. The van der Waals surface area contributed by atoms with Crippen molar-refractivity contribution in [3.63, 3.8) is 0 Å². The number of nitrogens with two attached hydrogens (primary N) is 1. The van der Waals surface area contributed by atoms with Gasteiger partial charge in [0.1, 0.15) is 0 Å². The summed E-state index contributed by atoms with van der Waals surface area (Å²) < 4.78 is 0. The molecule has 0 heterocycles. The zero-order chi connectivity index (χ0) is 12.1. The predicted molar refractivity (Wildman–Crippen MR) is 58.8 cm³/mol. The molecular formula is C10H9N3O3. The van der Waals surface area contributed by atoms with Crippen LogP contribution < -0.4 is 11.1 Å². The van der Waals surface area contributed by atoms with E-state index in [4.69, 9.17) is 12.2 Å². The molecule has 1 rings (SSSR count). The van der Waals surface area contributed by atoms with Crippen molar-refractivity contribution in [2.75, 3.05) is 5.32 Å². The van der Waals surface area contributed by atoms with E-state index in [-0.39, 0.29) is 12.1 Å². The van der Waals surface area contributed by atoms with Gasteiger partial charge in [-0.25, -0.2) is 4.79 Å². The maximum absolute atomic E-state index is 10.7. The number of nitro groups is 1. The molecule has 0 aromatic heterocycles. The minimum Gasteiger partial charge on any atom is -0.351 e. The third-order valence-corrected chi connectivity index (χ3v) is 1.85. The Balaban J connectivity index is 3.14. The largest absolute Gasteiger partial charge is 0.351 e. The molecular weight excluding hydrogens is 210 g/mol. The van der Waals surface area contributed by atoms with Crippen molar-refractivity contribution in [3.05, 3.63) is 33.9 Å². The van der Waals surface area contributed by atoms with Gasteiger partial charge in [-0.3, -0.25) is 10.1 Å². The first kappa shape index (κ1) is 11.5. The van der Waals surface area contributed by atoms with Gasteiger partial charge in [-0.2, -0.15) is 0 Å². The molecule has 0 radical (unpaired) electrons. The molecule has 0 unspecified atom stereocenters. The lowest BCUT2D eigenvalue weighted by Gasteiger charge is -2.06. The van der Waals surface area contributed by atoms with Gasteiger partial charge in [0.2, 0.25) is 0 Å². The number of non-ortho nitro benzene ring substituents is 1. The van der Waals surface area contributed by atoms with E-state index in [1.54, 1.807) is 0 Å². The Morgan fingerprint density at radius 3 is 2.81 bits per heavy atom. The molecule has 0 saturated carbocycles. The smallest absolute Gasteiger partial charge is 0.316 e. The third-order valence-electron chi connectivity index (χ3n) is 1.85. The fourth-order valence-electron chi connectivity index (χ4n) is 1.20. The first-order valence-electron chi connectivity index (χ1n) is 4.32. The van der Waals surface area contributed by atoms with Gasteiger partial charge in [-0.1, -0.05) is 0 Å². The summed E-state index contributed by atoms with van der Waals surface area (Å²) >= 11 is 0. The third kappa shape index (κ3) is 2.72. The number of primary amides is 1. The highest BCUT2D eigenvalue weighted by atomic mass is 16.6. The number of nitrogens with zero attached hydrogens (tertiary/aromatic N) is 1. The minimum absolute atomic E-state index is 0.0831. The summed E-state index contributed by atoms with van der Waals surface area (Å²) in [6, 6.07) is 3.23. The van der Waals surface area contributed by atoms with E-state index in [9.17, 15) is 14.9 Å². The van der Waals surface area contributed by atoms with Gasteiger partial charge in [0.25, 0.3) is 5.69 Å². The quantitative estimate of drug-likeness (QED) is 0.454. The normalized spacial score (nSPS) is 9.19. The molecule has 1 aromatic rings. The van der Waals surface area contributed by atoms with Gasteiger partial charge in [0.15, 0.2) is 0 Å². The van der Waals surface area contributed by atoms with Crippen LogP contribution in [0.3, 0.4) is 0 Å². The van der Waals surface area contributed by atoms with Gasteiger partial charge >= 0.3 is 6.03 Å². The number of nitrogens with one attached hydrogen (secondary N) is 1. The number of urea groups is 1. The lowest BCUT2D eigenvalue weighted by atomic mass is 10.1. The van der Waals surface area contributed by atoms with Crippen molar-refractivity contribution in [1.82, 2.24) is 0 Å². The number of anilines is 1. The number of hydrogen-bond acceptors (Lipinski definition) is 3. The van der Waals surface area contributed by atoms with Crippen LogP contribution in [0.15, 0.2) is 18.2 Å². The fraction of sp³-hybridized carbons (Fsp3) is 0.100. The maximum atomic E-state index is 10.7. The average molecular weight is 219 g/mol. The molecule has 0 aliphatic heterocycles. The first-order chi connectivity index (χ1) is 7.54. The number of terminal acetylenes is 1. The SMILES string of the molecule is C#CCc1cc([N+](=O)[O-])ccc1NC(N)=O. The van der Waals surface area contributed by atoms with Crippen molar-refractivity contribution >= 4 is 17.4 Å². The van der Waals surface area contributed by atoms with Crippen molar-refractivity contribution in [2.45, 2.75) is 6.42 Å². The zero-order valence-electron chi connectivity index (χ0n) is 8.27. The maximum Gasteiger partial charge on any atom is 0.316 e. The molecule has 6 heteroatoms. The van der Waals surface area contributed by atoms with Gasteiger partial charge in [0.05, 0.1) is 4.92 Å². The van der Waals surface area contributed by atoms with Crippen molar-refractivity contribution in [3.8, 4) is 12.3 Å². The van der Waals surface area contributed by atoms with Crippen molar-refractivity contribution in [1.29, 1.82) is 0 Å². The van der Waals surface area contributed by atoms with Gasteiger partial charge in [-0.15, -0.1) is 12.3 Å². The molecule has 0 fully saturated rings. The van der Waals surface area contributed by atoms with E-state index in [1.807, 2.05) is 0 Å². The Labute approximate surface area is 91.6 Å². The number of rotatable bonds is 3. The molecule has 0 saturated heterocycles. The van der Waals surface area contributed by atoms with Crippen molar-refractivity contribution < 1.29 is 9.72 Å². The average Bonchev–Trinajstić information content (AvgIpc) is 2.20. The van der Waals surface area contributed by atoms with Gasteiger partial charge < -0.3 is 11.1 Å². The van der Waals surface area contributed by atoms with E-state index in [0.29, 0.717) is 11.3 Å². The first-order valence-corrected chi connectivity index (χ1v) is 4.32. The summed E-state index contributed by atoms with van der Waals surface area (Å²) in [5, 5.41) is 12.9. The number of benzene rings is 1. The summed E-state index contributed by atoms with van der Waals surface area (Å²) in [5.41, 5.74) is 5.74. The van der Waals surface area contributed by atoms with Crippen LogP contribution in [-0.4, -0.2) is 11.0 Å². The van der Waals surface area contributed by atoms with Gasteiger partial charge in [-0.05, 0) is 11.6 Å². The zero-order valence-corrected chi connectivity index (χ0v) is 8.27. The Morgan fingerprint density at radius 1 is 1.62 bits per heavy atom. The molecule has 6 nitrogen and oxygen atoms in total. The highest BCUT2D eigenvalue weighted by Gasteiger charge is 2.10. The summed E-state index contributed by atoms with van der Waals surface area (Å²) in [6.07, 6.45) is 5.30. The summed E-state index contributed by atoms with van der Waals surface area (Å²) in [5.74, 6) is 2.35. The monoisotopic (exact) mass is 219 g/mol. The number of carbonyl (C=O) groups excluding carboxylic acids is 1. The molecule has 0 spiro atoms. The Hall–Kier alpha value is -2.55. The summed E-state index contributed by atoms with van der Waals surface area (Å²) in [4.78, 5) is 20.7. The molecule has 16 heavy (non-hydrogen) atoms. The lowest BCUT2D eigenvalue weighted by molar-refractivity contribution is -0.384. The van der Waals surface area contributed by atoms with Crippen LogP contribution in [-0.2, 0) is 6.42 Å². The molecule has 0 atom stereocenters. The number of nitro benzene ring substituents is 1. The highest BCUT2D eigenvalue weighted by Crippen LogP contribution is 2.22. The standard InChI is InChI=1S/C10H9N3O3/c1-2-3-7-6-8(13(15)16)4-5-9(7)12-10(11)14/h1,4-6H,3H2,(H3,11,12,14). The predicted octanol–water partition coefficient (Wildman–Crippen LogP) is 1.26.